The number of nitrogens with one attached hydrogen (secondary N) is 1. The van der Waals surface area contributed by atoms with Crippen LogP contribution in [0.1, 0.15) is 31.0 Å². The number of hydrogen-bond donors (Lipinski definition) is 1. The number of rotatable bonds is 5. The van der Waals surface area contributed by atoms with E-state index >= 15 is 0 Å². The molecular formula is C18H23ClN2. The van der Waals surface area contributed by atoms with Crippen molar-refractivity contribution in [3.05, 3.63) is 58.6 Å². The molecule has 0 aliphatic carbocycles. The van der Waals surface area contributed by atoms with Gasteiger partial charge in [0.2, 0.25) is 0 Å². The molecule has 1 atom stereocenters. The molecule has 0 amide bonds. The van der Waals surface area contributed by atoms with Crippen LogP contribution in [0.4, 0.5) is 11.4 Å². The monoisotopic (exact) mass is 302 g/mol. The third kappa shape index (κ3) is 3.92. The molecule has 0 saturated heterocycles. The number of hydrogen-bond acceptors (Lipinski definition) is 2. The summed E-state index contributed by atoms with van der Waals surface area (Å²) in [7, 11) is 3.98. The molecule has 2 rings (SSSR count). The molecule has 0 radical (unpaired) electrons. The molecule has 0 aromatic heterocycles. The molecule has 2 aromatic rings. The fourth-order valence-electron chi connectivity index (χ4n) is 2.33. The van der Waals surface area contributed by atoms with Crippen molar-refractivity contribution in [2.24, 2.45) is 0 Å². The van der Waals surface area contributed by atoms with Gasteiger partial charge >= 0.3 is 0 Å². The Kier molecular flexibility index (Phi) is 5.13. The zero-order valence-corrected chi connectivity index (χ0v) is 13.9. The van der Waals surface area contributed by atoms with E-state index in [0.717, 1.165) is 22.8 Å². The molecule has 21 heavy (non-hydrogen) atoms. The zero-order chi connectivity index (χ0) is 15.4. The molecule has 0 fully saturated rings. The van der Waals surface area contributed by atoms with Gasteiger partial charge in [0, 0.05) is 25.8 Å². The summed E-state index contributed by atoms with van der Waals surface area (Å²) in [5.74, 6) is 0. The lowest BCUT2D eigenvalue weighted by atomic mass is 10.0. The average molecular weight is 303 g/mol. The predicted molar refractivity (Wildman–Crippen MR) is 93.6 cm³/mol. The van der Waals surface area contributed by atoms with E-state index < -0.39 is 0 Å². The Bertz CT molecular complexity index is 591. The first-order valence-electron chi connectivity index (χ1n) is 7.33. The van der Waals surface area contributed by atoms with E-state index in [1.165, 1.54) is 11.1 Å². The van der Waals surface area contributed by atoms with Crippen LogP contribution in [0.25, 0.3) is 0 Å². The summed E-state index contributed by atoms with van der Waals surface area (Å²) in [5.41, 5.74) is 4.71. The number of nitrogens with zero attached hydrogens (tertiary/aromatic N) is 1. The van der Waals surface area contributed by atoms with E-state index in [1.807, 2.05) is 31.1 Å². The fourth-order valence-corrected chi connectivity index (χ4v) is 2.68. The summed E-state index contributed by atoms with van der Waals surface area (Å²) in [5, 5.41) is 4.26. The highest BCUT2D eigenvalue weighted by Gasteiger charge is 2.08. The van der Waals surface area contributed by atoms with Gasteiger partial charge in [0.25, 0.3) is 0 Å². The fraction of sp³-hybridized carbons (Fsp3) is 0.333. The van der Waals surface area contributed by atoms with E-state index in [2.05, 4.69) is 49.5 Å². The van der Waals surface area contributed by atoms with E-state index in [0.29, 0.717) is 0 Å². The molecule has 0 bridgehead atoms. The number of anilines is 2. The standard InChI is InChI=1S/C18H23ClN2/c1-5-14-6-8-15(9-7-14)13(2)20-16-10-11-18(21(3)4)17(19)12-16/h6-13,20H,5H2,1-4H3. The normalized spacial score (nSPS) is 12.0. The molecule has 2 aromatic carbocycles. The van der Waals surface area contributed by atoms with E-state index in [4.69, 9.17) is 11.6 Å². The van der Waals surface area contributed by atoms with Crippen LogP contribution in [0.5, 0.6) is 0 Å². The maximum atomic E-state index is 6.31. The van der Waals surface area contributed by atoms with Crippen LogP contribution >= 0.6 is 11.6 Å². The lowest BCUT2D eigenvalue weighted by Crippen LogP contribution is -2.10. The Morgan fingerprint density at radius 2 is 1.76 bits per heavy atom. The van der Waals surface area contributed by atoms with Gasteiger partial charge in [-0.2, -0.15) is 0 Å². The van der Waals surface area contributed by atoms with Crippen molar-refractivity contribution < 1.29 is 0 Å². The van der Waals surface area contributed by atoms with Gasteiger partial charge in [0.15, 0.2) is 0 Å². The van der Waals surface area contributed by atoms with Crippen LogP contribution in [0.3, 0.4) is 0 Å². The van der Waals surface area contributed by atoms with Gasteiger partial charge in [-0.1, -0.05) is 42.8 Å². The zero-order valence-electron chi connectivity index (χ0n) is 13.2. The summed E-state index contributed by atoms with van der Waals surface area (Å²) in [4.78, 5) is 2.01. The smallest absolute Gasteiger partial charge is 0.0659 e. The number of aryl methyl sites for hydroxylation is 1. The van der Waals surface area contributed by atoms with Crippen molar-refractivity contribution in [3.63, 3.8) is 0 Å². The van der Waals surface area contributed by atoms with Crippen LogP contribution < -0.4 is 10.2 Å². The van der Waals surface area contributed by atoms with Gasteiger partial charge in [0.1, 0.15) is 0 Å². The van der Waals surface area contributed by atoms with Crippen molar-refractivity contribution in [2.75, 3.05) is 24.3 Å². The first-order chi connectivity index (χ1) is 10.0. The van der Waals surface area contributed by atoms with Crippen molar-refractivity contribution in [1.29, 1.82) is 0 Å². The van der Waals surface area contributed by atoms with Crippen molar-refractivity contribution in [1.82, 2.24) is 0 Å². The van der Waals surface area contributed by atoms with Gasteiger partial charge < -0.3 is 10.2 Å². The topological polar surface area (TPSA) is 15.3 Å². The lowest BCUT2D eigenvalue weighted by molar-refractivity contribution is 0.882. The Morgan fingerprint density at radius 1 is 1.10 bits per heavy atom. The van der Waals surface area contributed by atoms with Gasteiger partial charge in [-0.3, -0.25) is 0 Å². The molecular weight excluding hydrogens is 280 g/mol. The molecule has 0 heterocycles. The number of halogens is 1. The SMILES string of the molecule is CCc1ccc(C(C)Nc2ccc(N(C)C)c(Cl)c2)cc1. The molecule has 112 valence electrons. The average Bonchev–Trinajstić information content (AvgIpc) is 2.47. The van der Waals surface area contributed by atoms with Crippen LogP contribution in [0.2, 0.25) is 5.02 Å². The Labute approximate surface area is 132 Å². The summed E-state index contributed by atoms with van der Waals surface area (Å²) in [6.45, 7) is 4.33. The Hall–Kier alpha value is -1.67. The molecule has 0 aliphatic heterocycles. The van der Waals surface area contributed by atoms with Gasteiger partial charge in [0.05, 0.1) is 10.7 Å². The second-order valence-electron chi connectivity index (χ2n) is 5.52. The molecule has 0 spiro atoms. The van der Waals surface area contributed by atoms with Crippen molar-refractivity contribution in [3.8, 4) is 0 Å². The molecule has 1 unspecified atom stereocenters. The first-order valence-corrected chi connectivity index (χ1v) is 7.71. The Morgan fingerprint density at radius 3 is 2.29 bits per heavy atom. The highest BCUT2D eigenvalue weighted by Crippen LogP contribution is 2.29. The van der Waals surface area contributed by atoms with Crippen LogP contribution in [-0.2, 0) is 6.42 Å². The molecule has 1 N–H and O–H groups in total. The Balaban J connectivity index is 2.11. The maximum Gasteiger partial charge on any atom is 0.0659 e. The third-order valence-corrected chi connectivity index (χ3v) is 4.00. The predicted octanol–water partition coefficient (Wildman–Crippen LogP) is 5.14. The lowest BCUT2D eigenvalue weighted by Gasteiger charge is -2.19. The summed E-state index contributed by atoms with van der Waals surface area (Å²) in [6.07, 6.45) is 1.07. The van der Waals surface area contributed by atoms with Gasteiger partial charge in [-0.25, -0.2) is 0 Å². The van der Waals surface area contributed by atoms with Crippen LogP contribution in [-0.4, -0.2) is 14.1 Å². The quantitative estimate of drug-likeness (QED) is 0.822. The van der Waals surface area contributed by atoms with Gasteiger partial charge in [-0.05, 0) is 42.7 Å². The minimum Gasteiger partial charge on any atom is -0.378 e. The van der Waals surface area contributed by atoms with Crippen LogP contribution in [0, 0.1) is 0 Å². The summed E-state index contributed by atoms with van der Waals surface area (Å²) >= 11 is 6.31. The second-order valence-corrected chi connectivity index (χ2v) is 5.93. The minimum atomic E-state index is 0.247. The highest BCUT2D eigenvalue weighted by atomic mass is 35.5. The number of benzene rings is 2. The molecule has 0 saturated carbocycles. The van der Waals surface area contributed by atoms with E-state index in [1.54, 1.807) is 0 Å². The maximum absolute atomic E-state index is 6.31. The third-order valence-electron chi connectivity index (χ3n) is 3.70. The second kappa shape index (κ2) is 6.86. The van der Waals surface area contributed by atoms with E-state index in [9.17, 15) is 0 Å². The largest absolute Gasteiger partial charge is 0.378 e. The van der Waals surface area contributed by atoms with Gasteiger partial charge in [-0.15, -0.1) is 0 Å². The van der Waals surface area contributed by atoms with E-state index in [-0.39, 0.29) is 6.04 Å². The summed E-state index contributed by atoms with van der Waals surface area (Å²) in [6, 6.07) is 15.1. The van der Waals surface area contributed by atoms with Crippen molar-refractivity contribution in [2.45, 2.75) is 26.3 Å². The molecule has 0 aliphatic rings. The van der Waals surface area contributed by atoms with Crippen molar-refractivity contribution >= 4 is 23.0 Å². The molecule has 2 nitrogen and oxygen atoms in total. The first kappa shape index (κ1) is 15.7. The summed E-state index contributed by atoms with van der Waals surface area (Å²) < 4.78 is 0. The minimum absolute atomic E-state index is 0.247. The van der Waals surface area contributed by atoms with Crippen LogP contribution in [0.15, 0.2) is 42.5 Å². The molecule has 3 heteroatoms. The highest BCUT2D eigenvalue weighted by molar-refractivity contribution is 6.33.